The van der Waals surface area contributed by atoms with Crippen molar-refractivity contribution < 1.29 is 0 Å². The molecule has 0 aliphatic heterocycles. The van der Waals surface area contributed by atoms with Crippen molar-refractivity contribution in [3.05, 3.63) is 28.1 Å². The molecule has 3 aliphatic carbocycles. The van der Waals surface area contributed by atoms with Crippen molar-refractivity contribution in [1.82, 2.24) is 4.98 Å². The van der Waals surface area contributed by atoms with E-state index in [1.165, 1.54) is 56.3 Å². The van der Waals surface area contributed by atoms with Crippen molar-refractivity contribution in [2.75, 3.05) is 0 Å². The van der Waals surface area contributed by atoms with Gasteiger partial charge in [-0.05, 0) is 74.5 Å². The van der Waals surface area contributed by atoms with Crippen LogP contribution in [0.1, 0.15) is 72.0 Å². The van der Waals surface area contributed by atoms with E-state index < -0.39 is 0 Å². The highest BCUT2D eigenvalue weighted by molar-refractivity contribution is 5.47. The maximum Gasteiger partial charge on any atom is 0.0475 e. The van der Waals surface area contributed by atoms with Gasteiger partial charge in [0.1, 0.15) is 0 Å². The number of fused-ring (bicyclic) bond motifs is 1. The summed E-state index contributed by atoms with van der Waals surface area (Å²) in [6.45, 7) is 2.37. The Kier molecular flexibility index (Phi) is 1.78. The smallest absolute Gasteiger partial charge is 0.0475 e. The van der Waals surface area contributed by atoms with Crippen LogP contribution in [0.15, 0.2) is 0 Å². The molecule has 4 rings (SSSR count). The molecule has 84 valence electrons. The predicted molar refractivity (Wildman–Crippen MR) is 64.9 cm³/mol. The van der Waals surface area contributed by atoms with Crippen LogP contribution in [-0.4, -0.2) is 4.98 Å². The summed E-state index contributed by atoms with van der Waals surface area (Å²) in [6.07, 6.45) is 9.49. The maximum absolute atomic E-state index is 5.04. The van der Waals surface area contributed by atoms with Crippen LogP contribution in [-0.2, 0) is 12.8 Å². The van der Waals surface area contributed by atoms with Crippen molar-refractivity contribution in [2.24, 2.45) is 0 Å². The number of rotatable bonds is 2. The normalized spacial score (nSPS) is 23.6. The van der Waals surface area contributed by atoms with Crippen LogP contribution in [0.25, 0.3) is 0 Å². The van der Waals surface area contributed by atoms with Gasteiger partial charge in [0.25, 0.3) is 0 Å². The van der Waals surface area contributed by atoms with E-state index in [1.54, 1.807) is 16.7 Å². The van der Waals surface area contributed by atoms with Gasteiger partial charge in [0, 0.05) is 17.3 Å². The minimum Gasteiger partial charge on any atom is -0.257 e. The minimum absolute atomic E-state index is 0.834. The van der Waals surface area contributed by atoms with E-state index in [-0.39, 0.29) is 0 Å². The highest BCUT2D eigenvalue weighted by Crippen LogP contribution is 2.50. The highest BCUT2D eigenvalue weighted by Gasteiger charge is 2.36. The van der Waals surface area contributed by atoms with E-state index >= 15 is 0 Å². The summed E-state index contributed by atoms with van der Waals surface area (Å²) in [7, 11) is 0. The van der Waals surface area contributed by atoms with Gasteiger partial charge in [0.15, 0.2) is 0 Å². The van der Waals surface area contributed by atoms with Crippen LogP contribution in [0.3, 0.4) is 0 Å². The largest absolute Gasteiger partial charge is 0.257 e. The Bertz CT molecular complexity index is 453. The van der Waals surface area contributed by atoms with Crippen LogP contribution >= 0.6 is 0 Å². The van der Waals surface area contributed by atoms with Gasteiger partial charge in [-0.25, -0.2) is 0 Å². The molecule has 1 aromatic heterocycles. The summed E-state index contributed by atoms with van der Waals surface area (Å²) in [4.78, 5) is 5.04. The molecule has 1 aromatic rings. The lowest BCUT2D eigenvalue weighted by atomic mass is 9.95. The van der Waals surface area contributed by atoms with Crippen LogP contribution in [0, 0.1) is 6.92 Å². The Morgan fingerprint density at radius 1 is 1.00 bits per heavy atom. The van der Waals surface area contributed by atoms with E-state index in [9.17, 15) is 0 Å². The molecule has 0 bridgehead atoms. The lowest BCUT2D eigenvalue weighted by molar-refractivity contribution is 0.880. The summed E-state index contributed by atoms with van der Waals surface area (Å²) < 4.78 is 0. The van der Waals surface area contributed by atoms with Crippen molar-refractivity contribution in [3.8, 4) is 0 Å². The molecule has 0 N–H and O–H groups in total. The topological polar surface area (TPSA) is 12.9 Å². The van der Waals surface area contributed by atoms with Crippen LogP contribution in [0.2, 0.25) is 0 Å². The average molecular weight is 213 g/mol. The SMILES string of the molecule is Cc1c2c(nc(C3CC3)c1C1CC1)CCC2. The molecule has 0 atom stereocenters. The zero-order valence-corrected chi connectivity index (χ0v) is 10.1. The molecule has 2 saturated carbocycles. The monoisotopic (exact) mass is 213 g/mol. The van der Waals surface area contributed by atoms with Gasteiger partial charge < -0.3 is 0 Å². The molecule has 0 saturated heterocycles. The van der Waals surface area contributed by atoms with E-state index in [0.29, 0.717) is 0 Å². The first-order valence-corrected chi connectivity index (χ1v) is 6.86. The minimum atomic E-state index is 0.834. The van der Waals surface area contributed by atoms with E-state index in [1.807, 2.05) is 0 Å². The van der Waals surface area contributed by atoms with Crippen molar-refractivity contribution in [2.45, 2.75) is 63.7 Å². The van der Waals surface area contributed by atoms with Crippen LogP contribution in [0.5, 0.6) is 0 Å². The molecule has 0 amide bonds. The van der Waals surface area contributed by atoms with E-state index in [4.69, 9.17) is 4.98 Å². The van der Waals surface area contributed by atoms with Gasteiger partial charge >= 0.3 is 0 Å². The fraction of sp³-hybridized carbons (Fsp3) is 0.667. The third-order valence-electron chi connectivity index (χ3n) is 4.53. The molecule has 1 nitrogen and oxygen atoms in total. The zero-order valence-electron chi connectivity index (χ0n) is 10.1. The first kappa shape index (κ1) is 9.21. The molecule has 0 unspecified atom stereocenters. The number of hydrogen-bond donors (Lipinski definition) is 0. The molecule has 1 heteroatoms. The number of hydrogen-bond acceptors (Lipinski definition) is 1. The second-order valence-corrected chi connectivity index (χ2v) is 5.86. The Balaban J connectivity index is 1.93. The molecule has 0 radical (unpaired) electrons. The fourth-order valence-electron chi connectivity index (χ4n) is 3.37. The molecular weight excluding hydrogens is 194 g/mol. The van der Waals surface area contributed by atoms with Gasteiger partial charge in [0.05, 0.1) is 0 Å². The number of aromatic nitrogens is 1. The molecule has 2 fully saturated rings. The Morgan fingerprint density at radius 2 is 1.75 bits per heavy atom. The lowest BCUT2D eigenvalue weighted by Gasteiger charge is -2.15. The second kappa shape index (κ2) is 3.09. The summed E-state index contributed by atoms with van der Waals surface area (Å²) >= 11 is 0. The second-order valence-electron chi connectivity index (χ2n) is 5.86. The Hall–Kier alpha value is -0.850. The van der Waals surface area contributed by atoms with Crippen molar-refractivity contribution in [3.63, 3.8) is 0 Å². The summed E-state index contributed by atoms with van der Waals surface area (Å²) in [5.41, 5.74) is 7.89. The van der Waals surface area contributed by atoms with E-state index in [2.05, 4.69) is 6.92 Å². The lowest BCUT2D eigenvalue weighted by Crippen LogP contribution is -2.04. The Labute approximate surface area is 97.3 Å². The quantitative estimate of drug-likeness (QED) is 0.731. The molecule has 3 aliphatic rings. The summed E-state index contributed by atoms with van der Waals surface area (Å²) in [5, 5.41) is 0. The van der Waals surface area contributed by atoms with Crippen molar-refractivity contribution >= 4 is 0 Å². The third-order valence-corrected chi connectivity index (χ3v) is 4.53. The maximum atomic E-state index is 5.04. The van der Waals surface area contributed by atoms with Crippen LogP contribution in [0.4, 0.5) is 0 Å². The number of nitrogens with zero attached hydrogens (tertiary/aromatic N) is 1. The van der Waals surface area contributed by atoms with Crippen LogP contribution < -0.4 is 0 Å². The molecule has 16 heavy (non-hydrogen) atoms. The van der Waals surface area contributed by atoms with Crippen molar-refractivity contribution in [1.29, 1.82) is 0 Å². The molecule has 0 aromatic carbocycles. The van der Waals surface area contributed by atoms with Gasteiger partial charge in [-0.15, -0.1) is 0 Å². The number of aryl methyl sites for hydroxylation is 1. The average Bonchev–Trinajstić information content (AvgIpc) is 3.16. The molecule has 1 heterocycles. The van der Waals surface area contributed by atoms with Gasteiger partial charge in [-0.1, -0.05) is 0 Å². The highest BCUT2D eigenvalue weighted by atomic mass is 14.8. The summed E-state index contributed by atoms with van der Waals surface area (Å²) in [6, 6.07) is 0. The standard InChI is InChI=1S/C15H19N/c1-9-12-3-2-4-13(12)16-15(11-7-8-11)14(9)10-5-6-10/h10-11H,2-8H2,1H3. The Morgan fingerprint density at radius 3 is 2.44 bits per heavy atom. The fourth-order valence-corrected chi connectivity index (χ4v) is 3.37. The molecular formula is C15H19N. The first-order chi connectivity index (χ1) is 7.84. The predicted octanol–water partition coefficient (Wildman–Crippen LogP) is 3.63. The van der Waals surface area contributed by atoms with Gasteiger partial charge in [0.2, 0.25) is 0 Å². The first-order valence-electron chi connectivity index (χ1n) is 6.86. The van der Waals surface area contributed by atoms with Gasteiger partial charge in [-0.2, -0.15) is 0 Å². The summed E-state index contributed by atoms with van der Waals surface area (Å²) in [5.74, 6) is 1.72. The van der Waals surface area contributed by atoms with Gasteiger partial charge in [-0.3, -0.25) is 4.98 Å². The molecule has 0 spiro atoms. The third kappa shape index (κ3) is 1.27. The number of pyridine rings is 1. The zero-order chi connectivity index (χ0) is 10.7. The van der Waals surface area contributed by atoms with E-state index in [0.717, 1.165) is 11.8 Å².